The summed E-state index contributed by atoms with van der Waals surface area (Å²) in [6.07, 6.45) is 0. The highest BCUT2D eigenvalue weighted by atomic mass is 16.3. The van der Waals surface area contributed by atoms with E-state index in [9.17, 15) is 0 Å². The van der Waals surface area contributed by atoms with Crippen LogP contribution in [0, 0.1) is 0 Å². The number of aromatic nitrogens is 1. The third-order valence-electron chi connectivity index (χ3n) is 12.8. The molecule has 0 spiro atoms. The molecule has 0 amide bonds. The predicted octanol–water partition coefficient (Wildman–Crippen LogP) is 15.8. The zero-order valence-electron chi connectivity index (χ0n) is 33.4. The summed E-state index contributed by atoms with van der Waals surface area (Å²) < 4.78 is 9.08. The molecule has 0 aliphatic heterocycles. The molecule has 0 N–H and O–H groups in total. The van der Waals surface area contributed by atoms with Gasteiger partial charge >= 0.3 is 0 Å². The van der Waals surface area contributed by atoms with Gasteiger partial charge in [0.2, 0.25) is 0 Å². The van der Waals surface area contributed by atoms with Gasteiger partial charge in [0.15, 0.2) is 0 Å². The Balaban J connectivity index is 0.985. The highest BCUT2D eigenvalue weighted by molar-refractivity contribution is 6.12. The van der Waals surface area contributed by atoms with E-state index in [4.69, 9.17) is 4.42 Å². The van der Waals surface area contributed by atoms with Crippen molar-refractivity contribution in [3.05, 3.63) is 217 Å². The second-order valence-electron chi connectivity index (χ2n) is 16.5. The molecule has 1 aliphatic carbocycles. The van der Waals surface area contributed by atoms with Crippen LogP contribution >= 0.6 is 0 Å². The number of hydrogen-bond acceptors (Lipinski definition) is 2. The molecule has 3 heteroatoms. The Kier molecular flexibility index (Phi) is 7.58. The quantitative estimate of drug-likeness (QED) is 0.168. The second-order valence-corrected chi connectivity index (χ2v) is 16.5. The molecular formula is C57H40N2O. The third kappa shape index (κ3) is 5.22. The summed E-state index contributed by atoms with van der Waals surface area (Å²) in [5.74, 6) is 0. The van der Waals surface area contributed by atoms with E-state index >= 15 is 0 Å². The van der Waals surface area contributed by atoms with E-state index in [0.29, 0.717) is 0 Å². The summed E-state index contributed by atoms with van der Waals surface area (Å²) in [6.45, 7) is 4.69. The van der Waals surface area contributed by atoms with Crippen LogP contribution in [0.25, 0.3) is 82.8 Å². The molecule has 0 saturated carbocycles. The predicted molar refractivity (Wildman–Crippen MR) is 251 cm³/mol. The molecule has 0 unspecified atom stereocenters. The molecule has 0 saturated heterocycles. The second kappa shape index (κ2) is 13.2. The maximum Gasteiger partial charge on any atom is 0.143 e. The lowest BCUT2D eigenvalue weighted by Gasteiger charge is -2.26. The highest BCUT2D eigenvalue weighted by Gasteiger charge is 2.35. The average molecular weight is 769 g/mol. The van der Waals surface area contributed by atoms with Gasteiger partial charge in [0.25, 0.3) is 0 Å². The largest absolute Gasteiger partial charge is 0.455 e. The van der Waals surface area contributed by atoms with Crippen molar-refractivity contribution in [2.75, 3.05) is 4.90 Å². The van der Waals surface area contributed by atoms with Crippen molar-refractivity contribution in [1.82, 2.24) is 4.57 Å². The number of hydrogen-bond donors (Lipinski definition) is 0. The van der Waals surface area contributed by atoms with Crippen molar-refractivity contribution in [2.24, 2.45) is 0 Å². The molecule has 60 heavy (non-hydrogen) atoms. The van der Waals surface area contributed by atoms with E-state index in [2.05, 4.69) is 224 Å². The molecule has 1 aliphatic rings. The summed E-state index contributed by atoms with van der Waals surface area (Å²) in [5.41, 5.74) is 18.5. The minimum Gasteiger partial charge on any atom is -0.455 e. The van der Waals surface area contributed by atoms with Gasteiger partial charge in [-0.2, -0.15) is 0 Å². The fourth-order valence-corrected chi connectivity index (χ4v) is 9.86. The van der Waals surface area contributed by atoms with Gasteiger partial charge < -0.3 is 13.9 Å². The number of furan rings is 1. The molecule has 11 aromatic rings. The Bertz CT molecular complexity index is 3390. The maximum absolute atomic E-state index is 6.71. The molecular weight excluding hydrogens is 729 g/mol. The first kappa shape index (κ1) is 34.4. The Hall–Kier alpha value is -7.62. The van der Waals surface area contributed by atoms with Crippen LogP contribution < -0.4 is 4.90 Å². The van der Waals surface area contributed by atoms with Crippen LogP contribution in [0.1, 0.15) is 25.0 Å². The van der Waals surface area contributed by atoms with Crippen LogP contribution in [0.15, 0.2) is 211 Å². The smallest absolute Gasteiger partial charge is 0.143 e. The number of benzene rings is 9. The number of fused-ring (bicyclic) bond motifs is 9. The van der Waals surface area contributed by atoms with Gasteiger partial charge in [-0.1, -0.05) is 147 Å². The lowest BCUT2D eigenvalue weighted by Crippen LogP contribution is -2.14. The Morgan fingerprint density at radius 1 is 0.400 bits per heavy atom. The molecule has 3 nitrogen and oxygen atoms in total. The van der Waals surface area contributed by atoms with Gasteiger partial charge in [-0.05, 0) is 112 Å². The van der Waals surface area contributed by atoms with Gasteiger partial charge in [0.1, 0.15) is 11.2 Å². The Morgan fingerprint density at radius 2 is 0.983 bits per heavy atom. The van der Waals surface area contributed by atoms with Gasteiger partial charge in [0.05, 0.1) is 11.0 Å². The SMILES string of the molecule is CC1(C)c2ccccc2-c2ccc(-c3ccc(N(c4ccccc4)c4cc(-c5ccc(-n6c7ccccc7c7ccccc76)cc5)c5oc6ccccc6c5c4)cc3)cc21. The van der Waals surface area contributed by atoms with Crippen LogP contribution in [0.5, 0.6) is 0 Å². The average Bonchev–Trinajstić information content (AvgIpc) is 3.92. The maximum atomic E-state index is 6.71. The third-order valence-corrected chi connectivity index (χ3v) is 12.8. The molecule has 0 fully saturated rings. The molecule has 2 aromatic heterocycles. The van der Waals surface area contributed by atoms with E-state index in [1.807, 2.05) is 6.07 Å². The fourth-order valence-electron chi connectivity index (χ4n) is 9.86. The van der Waals surface area contributed by atoms with E-state index in [1.54, 1.807) is 0 Å². The minimum absolute atomic E-state index is 0.0506. The molecule has 0 bridgehead atoms. The van der Waals surface area contributed by atoms with E-state index in [1.165, 1.54) is 55.2 Å². The fraction of sp³-hybridized carbons (Fsp3) is 0.0526. The van der Waals surface area contributed by atoms with Crippen LogP contribution in [0.2, 0.25) is 0 Å². The first-order valence-electron chi connectivity index (χ1n) is 20.8. The topological polar surface area (TPSA) is 21.3 Å². The number of rotatable bonds is 6. The van der Waals surface area contributed by atoms with Gasteiger partial charge in [-0.15, -0.1) is 0 Å². The zero-order valence-corrected chi connectivity index (χ0v) is 33.4. The number of para-hydroxylation sites is 4. The van der Waals surface area contributed by atoms with Crippen molar-refractivity contribution >= 4 is 60.8 Å². The van der Waals surface area contributed by atoms with E-state index in [-0.39, 0.29) is 5.41 Å². The molecule has 0 radical (unpaired) electrons. The van der Waals surface area contributed by atoms with Crippen molar-refractivity contribution < 1.29 is 4.42 Å². The standard InChI is InChI=1S/C57H40N2O/c1-57(2)51-20-10-6-16-44(51)45-33-28-39(34-52(45)57)37-24-29-41(30-25-37)58(40-14-4-3-5-15-40)43-35-49(56-50(36-43)48-19-9-13-23-55(48)60-56)38-26-31-42(32-27-38)59-53-21-11-7-17-46(53)47-18-8-12-22-54(47)59/h3-36H,1-2H3. The first-order chi connectivity index (χ1) is 29.5. The van der Waals surface area contributed by atoms with Crippen molar-refractivity contribution in [2.45, 2.75) is 19.3 Å². The molecule has 12 rings (SSSR count). The molecule has 9 aromatic carbocycles. The zero-order chi connectivity index (χ0) is 40.0. The normalized spacial score (nSPS) is 13.0. The summed E-state index contributed by atoms with van der Waals surface area (Å²) in [5, 5.41) is 4.70. The van der Waals surface area contributed by atoms with Gasteiger partial charge in [0, 0.05) is 55.3 Å². The van der Waals surface area contributed by atoms with E-state index in [0.717, 1.165) is 55.8 Å². The van der Waals surface area contributed by atoms with Crippen molar-refractivity contribution in [1.29, 1.82) is 0 Å². The van der Waals surface area contributed by atoms with Gasteiger partial charge in [-0.3, -0.25) is 0 Å². The van der Waals surface area contributed by atoms with Crippen LogP contribution in [-0.2, 0) is 5.41 Å². The summed E-state index contributed by atoms with van der Waals surface area (Å²) in [4.78, 5) is 2.36. The number of anilines is 3. The molecule has 284 valence electrons. The molecule has 2 heterocycles. The Morgan fingerprint density at radius 3 is 1.73 bits per heavy atom. The van der Waals surface area contributed by atoms with Gasteiger partial charge in [-0.25, -0.2) is 0 Å². The summed E-state index contributed by atoms with van der Waals surface area (Å²) >= 11 is 0. The monoisotopic (exact) mass is 768 g/mol. The van der Waals surface area contributed by atoms with Crippen LogP contribution in [0.3, 0.4) is 0 Å². The minimum atomic E-state index is -0.0506. The van der Waals surface area contributed by atoms with Crippen molar-refractivity contribution in [3.63, 3.8) is 0 Å². The molecule has 0 atom stereocenters. The first-order valence-corrected chi connectivity index (χ1v) is 20.8. The van der Waals surface area contributed by atoms with Crippen molar-refractivity contribution in [3.8, 4) is 39.1 Å². The van der Waals surface area contributed by atoms with E-state index < -0.39 is 0 Å². The Labute approximate surface area is 349 Å². The van der Waals surface area contributed by atoms with Crippen LogP contribution in [-0.4, -0.2) is 4.57 Å². The lowest BCUT2D eigenvalue weighted by atomic mass is 9.81. The summed E-state index contributed by atoms with van der Waals surface area (Å²) in [6, 6.07) is 74.8. The highest BCUT2D eigenvalue weighted by Crippen LogP contribution is 2.50. The number of nitrogens with zero attached hydrogens (tertiary/aromatic N) is 2. The lowest BCUT2D eigenvalue weighted by molar-refractivity contribution is 0.660. The summed E-state index contributed by atoms with van der Waals surface area (Å²) in [7, 11) is 0. The van der Waals surface area contributed by atoms with Crippen LogP contribution in [0.4, 0.5) is 17.1 Å².